The van der Waals surface area contributed by atoms with Crippen molar-refractivity contribution in [2.45, 2.75) is 32.5 Å². The molecule has 0 N–H and O–H groups in total. The Morgan fingerprint density at radius 3 is 2.21 bits per heavy atom. The second-order valence-electron chi connectivity index (χ2n) is 11.4. The van der Waals surface area contributed by atoms with Crippen molar-refractivity contribution in [3.63, 3.8) is 0 Å². The lowest BCUT2D eigenvalue weighted by Crippen LogP contribution is -2.57. The van der Waals surface area contributed by atoms with Crippen molar-refractivity contribution in [1.82, 2.24) is 24.2 Å². The number of hydrogen-bond donors (Lipinski definition) is 0. The Bertz CT molecular complexity index is 1510. The quantitative estimate of drug-likeness (QED) is 0.299. The molecular formula is C31H38FN5O5. The molecule has 1 aromatic heterocycles. The van der Waals surface area contributed by atoms with Crippen LogP contribution in [0, 0.1) is 5.82 Å². The summed E-state index contributed by atoms with van der Waals surface area (Å²) < 4.78 is 20.3. The van der Waals surface area contributed by atoms with Crippen LogP contribution in [-0.2, 0) is 11.3 Å². The van der Waals surface area contributed by atoms with Gasteiger partial charge in [-0.3, -0.25) is 28.6 Å². The van der Waals surface area contributed by atoms with Gasteiger partial charge in [-0.25, -0.2) is 4.39 Å². The number of Topliss-reactive ketones (excluding diaryl/α,β-unsaturated/α-hetero) is 1. The summed E-state index contributed by atoms with van der Waals surface area (Å²) >= 11 is 0. The first-order chi connectivity index (χ1) is 19.8. The number of ether oxygens (including phenoxy) is 1. The fourth-order valence-electron chi connectivity index (χ4n) is 5.32. The van der Waals surface area contributed by atoms with E-state index in [9.17, 15) is 23.6 Å². The van der Waals surface area contributed by atoms with Crippen LogP contribution in [0.15, 0.2) is 42.6 Å². The molecule has 1 aliphatic rings. The third-order valence-electron chi connectivity index (χ3n) is 7.60. The zero-order chi connectivity index (χ0) is 30.9. The normalized spacial score (nSPS) is 17.5. The fourth-order valence-corrected chi connectivity index (χ4v) is 5.32. The fraction of sp³-hybridized carbons (Fsp3) is 0.419. The van der Waals surface area contributed by atoms with Crippen LogP contribution in [0.4, 0.5) is 4.39 Å². The number of likely N-dealkylation sites (N-methyl/N-ethyl adjacent to an activating group) is 2. The molecule has 0 radical (unpaired) electrons. The lowest BCUT2D eigenvalue weighted by Gasteiger charge is -2.44. The first-order valence-electron chi connectivity index (χ1n) is 13.8. The number of carbonyl (C=O) groups excluding carboxylic acids is 4. The van der Waals surface area contributed by atoms with E-state index in [1.807, 2.05) is 13.8 Å². The predicted octanol–water partition coefficient (Wildman–Crippen LogP) is 3.00. The molecule has 0 saturated carbocycles. The van der Waals surface area contributed by atoms with E-state index in [-0.39, 0.29) is 53.1 Å². The van der Waals surface area contributed by atoms with Gasteiger partial charge in [0.15, 0.2) is 0 Å². The Morgan fingerprint density at radius 1 is 0.952 bits per heavy atom. The van der Waals surface area contributed by atoms with Crippen molar-refractivity contribution in [1.29, 1.82) is 0 Å². The molecule has 2 amide bonds. The highest BCUT2D eigenvalue weighted by Gasteiger charge is 2.34. The van der Waals surface area contributed by atoms with Gasteiger partial charge in [0, 0.05) is 63.5 Å². The number of amides is 2. The average molecular weight is 580 g/mol. The van der Waals surface area contributed by atoms with Gasteiger partial charge in [0.2, 0.25) is 5.91 Å². The second kappa shape index (κ2) is 12.4. The largest absolute Gasteiger partial charge is 0.496 e. The predicted molar refractivity (Wildman–Crippen MR) is 157 cm³/mol. The molecule has 1 aliphatic heterocycles. The summed E-state index contributed by atoms with van der Waals surface area (Å²) in [6.45, 7) is 5.74. The maximum absolute atomic E-state index is 14.0. The van der Waals surface area contributed by atoms with E-state index in [1.54, 1.807) is 48.2 Å². The maximum atomic E-state index is 14.0. The molecule has 2 atom stereocenters. The Balaban J connectivity index is 1.71. The van der Waals surface area contributed by atoms with Crippen molar-refractivity contribution in [3.05, 3.63) is 65.1 Å². The van der Waals surface area contributed by atoms with E-state index in [0.29, 0.717) is 30.5 Å². The minimum absolute atomic E-state index is 0.0181. The van der Waals surface area contributed by atoms with Gasteiger partial charge in [-0.15, -0.1) is 0 Å². The summed E-state index contributed by atoms with van der Waals surface area (Å²) in [5.41, 5.74) is 1.63. The SMILES string of the molecule is COc1cc2c(cc1C(=O)N1C[C@H](C)N(Cc3ccc(F)cc3)C[C@H]1C)c(C(=O)C(=O)N(C)C)cn2C(=O)CN(C)C. The van der Waals surface area contributed by atoms with Gasteiger partial charge >= 0.3 is 0 Å². The first-order valence-corrected chi connectivity index (χ1v) is 13.8. The molecule has 0 unspecified atom stereocenters. The Kier molecular flexibility index (Phi) is 9.12. The van der Waals surface area contributed by atoms with Crippen molar-refractivity contribution in [2.24, 2.45) is 0 Å². The smallest absolute Gasteiger partial charge is 0.294 e. The van der Waals surface area contributed by atoms with Crippen LogP contribution in [0.1, 0.15) is 44.9 Å². The number of ketones is 1. The average Bonchev–Trinajstić information content (AvgIpc) is 3.32. The topological polar surface area (TPSA) is 95.4 Å². The molecule has 11 heteroatoms. The van der Waals surface area contributed by atoms with Crippen LogP contribution in [-0.4, -0.2) is 115 Å². The lowest BCUT2D eigenvalue weighted by atomic mass is 10.0. The lowest BCUT2D eigenvalue weighted by molar-refractivity contribution is -0.124. The number of nitrogens with zero attached hydrogens (tertiary/aromatic N) is 5. The van der Waals surface area contributed by atoms with Gasteiger partial charge < -0.3 is 19.4 Å². The van der Waals surface area contributed by atoms with Crippen LogP contribution in [0.2, 0.25) is 0 Å². The van der Waals surface area contributed by atoms with E-state index in [4.69, 9.17) is 4.74 Å². The molecule has 224 valence electrons. The molecule has 42 heavy (non-hydrogen) atoms. The third kappa shape index (κ3) is 6.22. The number of aromatic nitrogens is 1. The van der Waals surface area contributed by atoms with E-state index < -0.39 is 11.7 Å². The highest BCUT2D eigenvalue weighted by Crippen LogP contribution is 2.32. The van der Waals surface area contributed by atoms with Gasteiger partial charge in [-0.05, 0) is 51.7 Å². The molecule has 0 aliphatic carbocycles. The highest BCUT2D eigenvalue weighted by molar-refractivity contribution is 6.45. The Hall–Kier alpha value is -4.09. The van der Waals surface area contributed by atoms with Crippen molar-refractivity contribution in [2.75, 3.05) is 54.9 Å². The van der Waals surface area contributed by atoms with Crippen LogP contribution in [0.3, 0.4) is 0 Å². The molecule has 1 fully saturated rings. The van der Waals surface area contributed by atoms with Crippen molar-refractivity contribution in [3.8, 4) is 5.75 Å². The Labute approximate surface area is 245 Å². The number of benzene rings is 2. The minimum Gasteiger partial charge on any atom is -0.496 e. The molecule has 4 rings (SSSR count). The van der Waals surface area contributed by atoms with E-state index in [2.05, 4.69) is 4.90 Å². The van der Waals surface area contributed by atoms with E-state index in [1.165, 1.54) is 49.0 Å². The monoisotopic (exact) mass is 579 g/mol. The Morgan fingerprint density at radius 2 is 1.62 bits per heavy atom. The molecule has 10 nitrogen and oxygen atoms in total. The second-order valence-corrected chi connectivity index (χ2v) is 11.4. The summed E-state index contributed by atoms with van der Waals surface area (Å²) in [7, 11) is 7.91. The maximum Gasteiger partial charge on any atom is 0.294 e. The first kappa shape index (κ1) is 30.9. The van der Waals surface area contributed by atoms with Gasteiger partial charge in [-0.1, -0.05) is 12.1 Å². The van der Waals surface area contributed by atoms with Crippen LogP contribution in [0.25, 0.3) is 10.9 Å². The number of hydrogen-bond acceptors (Lipinski definition) is 7. The molecule has 2 aromatic carbocycles. The number of fused-ring (bicyclic) bond motifs is 1. The zero-order valence-corrected chi connectivity index (χ0v) is 25.2. The molecule has 0 spiro atoms. The van der Waals surface area contributed by atoms with E-state index in [0.717, 1.165) is 5.56 Å². The molecule has 0 bridgehead atoms. The molecule has 2 heterocycles. The van der Waals surface area contributed by atoms with Crippen molar-refractivity contribution < 1.29 is 28.3 Å². The summed E-state index contributed by atoms with van der Waals surface area (Å²) in [4.78, 5) is 59.9. The number of carbonyl (C=O) groups is 4. The van der Waals surface area contributed by atoms with Gasteiger partial charge in [0.05, 0.1) is 30.3 Å². The number of rotatable bonds is 8. The van der Waals surface area contributed by atoms with Crippen LogP contribution >= 0.6 is 0 Å². The van der Waals surface area contributed by atoms with Crippen LogP contribution in [0.5, 0.6) is 5.75 Å². The van der Waals surface area contributed by atoms with Gasteiger partial charge in [-0.2, -0.15) is 0 Å². The summed E-state index contributed by atoms with van der Waals surface area (Å²) in [5.74, 6) is -2.12. The van der Waals surface area contributed by atoms with Gasteiger partial charge in [0.25, 0.3) is 17.6 Å². The summed E-state index contributed by atoms with van der Waals surface area (Å²) in [6, 6.07) is 9.40. The molecule has 3 aromatic rings. The summed E-state index contributed by atoms with van der Waals surface area (Å²) in [6.07, 6.45) is 1.37. The number of halogens is 1. The number of piperazine rings is 1. The van der Waals surface area contributed by atoms with Gasteiger partial charge in [0.1, 0.15) is 11.6 Å². The van der Waals surface area contributed by atoms with E-state index >= 15 is 0 Å². The third-order valence-corrected chi connectivity index (χ3v) is 7.60. The molecule has 1 saturated heterocycles. The number of methoxy groups -OCH3 is 1. The summed E-state index contributed by atoms with van der Waals surface area (Å²) in [5, 5.41) is 0.321. The van der Waals surface area contributed by atoms with Crippen molar-refractivity contribution >= 4 is 34.4 Å². The van der Waals surface area contributed by atoms with Crippen LogP contribution < -0.4 is 4.74 Å². The standard InChI is InChI=1S/C31H38FN5O5/c1-19-15-36(20(2)14-35(19)16-21-8-10-22(32)11-9-21)30(40)24-12-23-25(29(39)31(41)34(5)6)17-37(28(38)18-33(3)4)26(23)13-27(24)42-7/h8-13,17,19-20H,14-16,18H2,1-7H3/t19-,20+/m0/s1. The zero-order valence-electron chi connectivity index (χ0n) is 25.2. The highest BCUT2D eigenvalue weighted by atomic mass is 19.1. The minimum atomic E-state index is -0.777. The molecular weight excluding hydrogens is 541 g/mol.